The number of sulfonamides is 1. The lowest BCUT2D eigenvalue weighted by atomic mass is 10.2. The van der Waals surface area contributed by atoms with E-state index in [1.165, 1.54) is 17.7 Å². The van der Waals surface area contributed by atoms with Gasteiger partial charge in [-0.15, -0.1) is 0 Å². The van der Waals surface area contributed by atoms with Crippen LogP contribution in [0.25, 0.3) is 0 Å². The molecule has 6 nitrogen and oxygen atoms in total. The number of carbonyl (C=O) groups is 1. The first kappa shape index (κ1) is 21.0. The molecule has 0 aliphatic carbocycles. The third-order valence-corrected chi connectivity index (χ3v) is 6.73. The Morgan fingerprint density at radius 3 is 2.25 bits per heavy atom. The molecule has 2 aromatic rings. The summed E-state index contributed by atoms with van der Waals surface area (Å²) in [5.41, 5.74) is 1.27. The van der Waals surface area contributed by atoms with Crippen LogP contribution in [-0.2, 0) is 21.4 Å². The van der Waals surface area contributed by atoms with Crippen molar-refractivity contribution in [1.82, 2.24) is 14.5 Å². The standard InChI is InChI=1S/C20H24BrN3O3S/c21-18-6-8-19(9-7-18)28(26,27)22-11-10-20(25)24-14-12-23(13-15-24)16-17-4-2-1-3-5-17/h1-9,22H,10-16H2. The van der Waals surface area contributed by atoms with Crippen molar-refractivity contribution in [3.8, 4) is 0 Å². The first-order valence-corrected chi connectivity index (χ1v) is 11.5. The number of hydrogen-bond acceptors (Lipinski definition) is 4. The highest BCUT2D eigenvalue weighted by molar-refractivity contribution is 9.10. The van der Waals surface area contributed by atoms with Crippen molar-refractivity contribution in [3.63, 3.8) is 0 Å². The third kappa shape index (κ3) is 5.88. The Hall–Kier alpha value is -1.74. The van der Waals surface area contributed by atoms with E-state index >= 15 is 0 Å². The van der Waals surface area contributed by atoms with Gasteiger partial charge in [0.05, 0.1) is 4.90 Å². The first-order valence-electron chi connectivity index (χ1n) is 9.23. The van der Waals surface area contributed by atoms with Gasteiger partial charge in [-0.05, 0) is 29.8 Å². The van der Waals surface area contributed by atoms with Crippen molar-refractivity contribution in [1.29, 1.82) is 0 Å². The van der Waals surface area contributed by atoms with Crippen LogP contribution in [0.15, 0.2) is 64.0 Å². The van der Waals surface area contributed by atoms with Crippen LogP contribution in [0.4, 0.5) is 0 Å². The molecular weight excluding hydrogens is 442 g/mol. The summed E-state index contributed by atoms with van der Waals surface area (Å²) < 4.78 is 27.8. The quantitative estimate of drug-likeness (QED) is 0.681. The molecule has 0 atom stereocenters. The summed E-state index contributed by atoms with van der Waals surface area (Å²) in [6.07, 6.45) is 0.161. The van der Waals surface area contributed by atoms with Crippen molar-refractivity contribution < 1.29 is 13.2 Å². The lowest BCUT2D eigenvalue weighted by Gasteiger charge is -2.34. The molecule has 28 heavy (non-hydrogen) atoms. The molecule has 0 bridgehead atoms. The summed E-state index contributed by atoms with van der Waals surface area (Å²) in [7, 11) is -3.60. The number of amides is 1. The van der Waals surface area contributed by atoms with Crippen LogP contribution in [0.3, 0.4) is 0 Å². The Balaban J connectivity index is 1.41. The van der Waals surface area contributed by atoms with Crippen LogP contribution in [0.2, 0.25) is 0 Å². The van der Waals surface area contributed by atoms with Gasteiger partial charge in [-0.3, -0.25) is 9.69 Å². The Bertz CT molecular complexity index is 881. The normalized spacial score (nSPS) is 15.5. The average molecular weight is 466 g/mol. The highest BCUT2D eigenvalue weighted by Crippen LogP contribution is 2.14. The molecule has 3 rings (SSSR count). The molecular formula is C20H24BrN3O3S. The molecule has 1 aliphatic rings. The van der Waals surface area contributed by atoms with Gasteiger partial charge < -0.3 is 4.90 Å². The van der Waals surface area contributed by atoms with Crippen molar-refractivity contribution >= 4 is 31.9 Å². The van der Waals surface area contributed by atoms with E-state index in [2.05, 4.69) is 37.7 Å². The fourth-order valence-electron chi connectivity index (χ4n) is 3.14. The van der Waals surface area contributed by atoms with Crippen LogP contribution in [-0.4, -0.2) is 56.8 Å². The molecule has 0 aromatic heterocycles. The van der Waals surface area contributed by atoms with Gasteiger partial charge in [0, 0.05) is 50.2 Å². The molecule has 1 saturated heterocycles. The minimum atomic E-state index is -3.60. The average Bonchev–Trinajstić information content (AvgIpc) is 2.69. The minimum Gasteiger partial charge on any atom is -0.340 e. The molecule has 2 aromatic carbocycles. The molecule has 1 heterocycles. The van der Waals surface area contributed by atoms with Gasteiger partial charge >= 0.3 is 0 Å². The van der Waals surface area contributed by atoms with Gasteiger partial charge in [0.25, 0.3) is 0 Å². The topological polar surface area (TPSA) is 69.7 Å². The second kappa shape index (κ2) is 9.65. The monoisotopic (exact) mass is 465 g/mol. The first-order chi connectivity index (χ1) is 13.4. The Morgan fingerprint density at radius 1 is 0.964 bits per heavy atom. The smallest absolute Gasteiger partial charge is 0.240 e. The Labute approximate surface area is 174 Å². The van der Waals surface area contributed by atoms with Crippen LogP contribution >= 0.6 is 15.9 Å². The minimum absolute atomic E-state index is 0.0159. The lowest BCUT2D eigenvalue weighted by molar-refractivity contribution is -0.132. The number of halogens is 1. The summed E-state index contributed by atoms with van der Waals surface area (Å²) >= 11 is 3.28. The van der Waals surface area contributed by atoms with Crippen molar-refractivity contribution in [2.45, 2.75) is 17.9 Å². The van der Waals surface area contributed by atoms with Gasteiger partial charge in [0.1, 0.15) is 0 Å². The molecule has 1 aliphatic heterocycles. The van der Waals surface area contributed by atoms with E-state index < -0.39 is 10.0 Å². The van der Waals surface area contributed by atoms with Gasteiger partial charge in [-0.1, -0.05) is 46.3 Å². The highest BCUT2D eigenvalue weighted by Gasteiger charge is 2.21. The fourth-order valence-corrected chi connectivity index (χ4v) is 4.44. The van der Waals surface area contributed by atoms with E-state index in [9.17, 15) is 13.2 Å². The lowest BCUT2D eigenvalue weighted by Crippen LogP contribution is -2.48. The van der Waals surface area contributed by atoms with Crippen LogP contribution in [0.1, 0.15) is 12.0 Å². The molecule has 0 unspecified atom stereocenters. The largest absolute Gasteiger partial charge is 0.340 e. The summed E-state index contributed by atoms with van der Waals surface area (Å²) in [5, 5.41) is 0. The molecule has 0 saturated carbocycles. The van der Waals surface area contributed by atoms with E-state index in [0.717, 1.165) is 24.1 Å². The molecule has 150 valence electrons. The van der Waals surface area contributed by atoms with E-state index in [1.54, 1.807) is 12.1 Å². The maximum Gasteiger partial charge on any atom is 0.240 e. The van der Waals surface area contributed by atoms with Crippen molar-refractivity contribution in [2.75, 3.05) is 32.7 Å². The molecule has 8 heteroatoms. The zero-order valence-electron chi connectivity index (χ0n) is 15.6. The van der Waals surface area contributed by atoms with Crippen LogP contribution < -0.4 is 4.72 Å². The zero-order chi connectivity index (χ0) is 20.0. The zero-order valence-corrected chi connectivity index (χ0v) is 18.0. The Morgan fingerprint density at radius 2 is 1.61 bits per heavy atom. The number of nitrogens with zero attached hydrogens (tertiary/aromatic N) is 2. The Kier molecular flexibility index (Phi) is 7.23. The number of rotatable bonds is 7. The summed E-state index contributed by atoms with van der Waals surface area (Å²) in [5.74, 6) is -0.0159. The highest BCUT2D eigenvalue weighted by atomic mass is 79.9. The van der Waals surface area contributed by atoms with Crippen LogP contribution in [0.5, 0.6) is 0 Å². The number of piperazine rings is 1. The van der Waals surface area contributed by atoms with E-state index in [1.807, 2.05) is 23.1 Å². The molecule has 1 amide bonds. The molecule has 0 radical (unpaired) electrons. The van der Waals surface area contributed by atoms with Crippen LogP contribution in [0, 0.1) is 0 Å². The number of benzene rings is 2. The van der Waals surface area contributed by atoms with Gasteiger partial charge in [0.15, 0.2) is 0 Å². The molecule has 0 spiro atoms. The molecule has 1 fully saturated rings. The second-order valence-electron chi connectivity index (χ2n) is 6.74. The van der Waals surface area contributed by atoms with Crippen molar-refractivity contribution in [3.05, 3.63) is 64.6 Å². The number of carbonyl (C=O) groups excluding carboxylic acids is 1. The maximum atomic E-state index is 12.4. The number of hydrogen-bond donors (Lipinski definition) is 1. The molecule has 1 N–H and O–H groups in total. The van der Waals surface area contributed by atoms with Crippen molar-refractivity contribution in [2.24, 2.45) is 0 Å². The summed E-state index contributed by atoms with van der Waals surface area (Å²) in [6.45, 7) is 3.98. The maximum absolute atomic E-state index is 12.4. The van der Waals surface area contributed by atoms with E-state index in [-0.39, 0.29) is 23.8 Å². The van der Waals surface area contributed by atoms with E-state index in [0.29, 0.717) is 13.1 Å². The number of nitrogens with one attached hydrogen (secondary N) is 1. The fraction of sp³-hybridized carbons (Fsp3) is 0.350. The van der Waals surface area contributed by atoms with Gasteiger partial charge in [-0.25, -0.2) is 13.1 Å². The second-order valence-corrected chi connectivity index (χ2v) is 9.43. The van der Waals surface area contributed by atoms with E-state index in [4.69, 9.17) is 0 Å². The predicted molar refractivity (Wildman–Crippen MR) is 112 cm³/mol. The predicted octanol–water partition coefficient (Wildman–Crippen LogP) is 2.46. The third-order valence-electron chi connectivity index (χ3n) is 4.73. The van der Waals surface area contributed by atoms with Gasteiger partial charge in [-0.2, -0.15) is 0 Å². The summed E-state index contributed by atoms with van der Waals surface area (Å²) in [6, 6.07) is 16.7. The summed E-state index contributed by atoms with van der Waals surface area (Å²) in [4.78, 5) is 16.7. The van der Waals surface area contributed by atoms with Gasteiger partial charge in [0.2, 0.25) is 15.9 Å². The SMILES string of the molecule is O=C(CCNS(=O)(=O)c1ccc(Br)cc1)N1CCN(Cc2ccccc2)CC1.